The highest BCUT2D eigenvalue weighted by atomic mass is 32.2. The maximum atomic E-state index is 12.4. The zero-order valence-electron chi connectivity index (χ0n) is 13.8. The van der Waals surface area contributed by atoms with Crippen LogP contribution in [0.3, 0.4) is 0 Å². The van der Waals surface area contributed by atoms with E-state index in [1.165, 1.54) is 12.7 Å². The summed E-state index contributed by atoms with van der Waals surface area (Å²) in [6.45, 7) is 0. The largest absolute Gasteiger partial charge is 0.212 e. The fourth-order valence-electron chi connectivity index (χ4n) is 4.74. The molecule has 3 fully saturated rings. The van der Waals surface area contributed by atoms with Gasteiger partial charge in [-0.2, -0.15) is 4.31 Å². The molecular weight excluding hydrogens is 336 g/mol. The number of nitrogens with zero attached hydrogens (tertiary/aromatic N) is 1. The van der Waals surface area contributed by atoms with Gasteiger partial charge < -0.3 is 0 Å². The molecule has 1 N–H and O–H groups in total. The first-order valence-electron chi connectivity index (χ1n) is 8.73. The quantitative estimate of drug-likeness (QED) is 0.800. The van der Waals surface area contributed by atoms with Gasteiger partial charge in [-0.25, -0.2) is 21.6 Å². The Morgan fingerprint density at radius 2 is 1.48 bits per heavy atom. The second-order valence-corrected chi connectivity index (χ2v) is 11.2. The molecule has 23 heavy (non-hydrogen) atoms. The average Bonchev–Trinajstić information content (AvgIpc) is 2.72. The molecular formula is C15H28N2O4S2. The van der Waals surface area contributed by atoms with Gasteiger partial charge in [0.1, 0.15) is 0 Å². The first-order chi connectivity index (χ1) is 10.7. The third-order valence-electron chi connectivity index (χ3n) is 5.58. The second-order valence-electron chi connectivity index (χ2n) is 7.55. The van der Waals surface area contributed by atoms with Crippen LogP contribution < -0.4 is 4.72 Å². The summed E-state index contributed by atoms with van der Waals surface area (Å²) in [6, 6.07) is -0.184. The Labute approximate surface area is 140 Å². The van der Waals surface area contributed by atoms with Gasteiger partial charge in [0.15, 0.2) is 0 Å². The van der Waals surface area contributed by atoms with Gasteiger partial charge in [-0.15, -0.1) is 0 Å². The Morgan fingerprint density at radius 3 is 2.00 bits per heavy atom. The van der Waals surface area contributed by atoms with Crippen LogP contribution in [0.4, 0.5) is 0 Å². The lowest BCUT2D eigenvalue weighted by atomic mass is 9.91. The summed E-state index contributed by atoms with van der Waals surface area (Å²) in [7, 11) is -6.47. The summed E-state index contributed by atoms with van der Waals surface area (Å²) >= 11 is 0. The van der Waals surface area contributed by atoms with E-state index in [9.17, 15) is 16.8 Å². The number of nitrogens with one attached hydrogen (secondary N) is 1. The highest BCUT2D eigenvalue weighted by Gasteiger charge is 2.45. The number of hydrogen-bond acceptors (Lipinski definition) is 4. The van der Waals surface area contributed by atoms with Crippen molar-refractivity contribution in [1.82, 2.24) is 9.03 Å². The average molecular weight is 365 g/mol. The Kier molecular flexibility index (Phi) is 5.07. The molecule has 0 radical (unpaired) electrons. The van der Waals surface area contributed by atoms with Crippen LogP contribution in [0.2, 0.25) is 0 Å². The highest BCUT2D eigenvalue weighted by Crippen LogP contribution is 2.37. The smallest absolute Gasteiger partial charge is 0.212 e. The monoisotopic (exact) mass is 364 g/mol. The lowest BCUT2D eigenvalue weighted by Crippen LogP contribution is -2.52. The third-order valence-corrected chi connectivity index (χ3v) is 8.54. The van der Waals surface area contributed by atoms with Gasteiger partial charge in [-0.05, 0) is 44.4 Å². The molecule has 2 unspecified atom stereocenters. The van der Waals surface area contributed by atoms with E-state index in [0.717, 1.165) is 38.5 Å². The van der Waals surface area contributed by atoms with Crippen LogP contribution in [-0.2, 0) is 20.0 Å². The molecule has 1 aliphatic carbocycles. The maximum Gasteiger partial charge on any atom is 0.212 e. The van der Waals surface area contributed by atoms with E-state index in [2.05, 4.69) is 4.72 Å². The molecule has 0 aromatic heterocycles. The van der Waals surface area contributed by atoms with Crippen LogP contribution in [0.5, 0.6) is 0 Å². The molecule has 0 aromatic rings. The van der Waals surface area contributed by atoms with Gasteiger partial charge in [0, 0.05) is 18.1 Å². The fraction of sp³-hybridized carbons (Fsp3) is 1.00. The molecule has 2 saturated heterocycles. The first-order valence-corrected chi connectivity index (χ1v) is 12.2. The minimum atomic E-state index is -3.27. The van der Waals surface area contributed by atoms with Crippen molar-refractivity contribution in [2.45, 2.75) is 75.9 Å². The summed E-state index contributed by atoms with van der Waals surface area (Å²) in [5.41, 5.74) is 0. The number of fused-ring (bicyclic) bond motifs is 2. The van der Waals surface area contributed by atoms with E-state index in [1.54, 1.807) is 4.31 Å². The van der Waals surface area contributed by atoms with Gasteiger partial charge in [-0.3, -0.25) is 0 Å². The molecule has 134 valence electrons. The van der Waals surface area contributed by atoms with Crippen LogP contribution in [-0.4, -0.2) is 51.3 Å². The molecule has 2 heterocycles. The number of sulfonamides is 2. The van der Waals surface area contributed by atoms with E-state index < -0.39 is 20.0 Å². The summed E-state index contributed by atoms with van der Waals surface area (Å²) in [5, 5.41) is 0. The van der Waals surface area contributed by atoms with E-state index in [1.807, 2.05) is 0 Å². The van der Waals surface area contributed by atoms with E-state index in [4.69, 9.17) is 0 Å². The molecule has 0 aromatic carbocycles. The minimum absolute atomic E-state index is 0.0360. The molecule has 2 atom stereocenters. The van der Waals surface area contributed by atoms with Crippen molar-refractivity contribution in [1.29, 1.82) is 0 Å². The first kappa shape index (κ1) is 17.6. The molecule has 2 aliphatic heterocycles. The van der Waals surface area contributed by atoms with Crippen molar-refractivity contribution < 1.29 is 16.8 Å². The maximum absolute atomic E-state index is 12.4. The van der Waals surface area contributed by atoms with Gasteiger partial charge in [0.05, 0.1) is 12.0 Å². The van der Waals surface area contributed by atoms with Crippen molar-refractivity contribution >= 4 is 20.0 Å². The Bertz CT molecular complexity index is 612. The van der Waals surface area contributed by atoms with Gasteiger partial charge >= 0.3 is 0 Å². The van der Waals surface area contributed by atoms with E-state index >= 15 is 0 Å². The number of rotatable bonds is 5. The molecule has 8 heteroatoms. The molecule has 0 amide bonds. The topological polar surface area (TPSA) is 83.6 Å². The SMILES string of the molecule is CS(=O)(=O)N1C2CCC1CC(NS(=O)(=O)CC1CCCCC1)C2. The third kappa shape index (κ3) is 4.27. The molecule has 6 nitrogen and oxygen atoms in total. The zero-order chi connectivity index (χ0) is 16.7. The number of hydrogen-bond donors (Lipinski definition) is 1. The van der Waals surface area contributed by atoms with E-state index in [-0.39, 0.29) is 29.8 Å². The van der Waals surface area contributed by atoms with Crippen molar-refractivity contribution in [3.8, 4) is 0 Å². The van der Waals surface area contributed by atoms with Crippen LogP contribution in [0.15, 0.2) is 0 Å². The Hall–Kier alpha value is -0.180. The van der Waals surface area contributed by atoms with Crippen molar-refractivity contribution in [3.05, 3.63) is 0 Å². The highest BCUT2D eigenvalue weighted by molar-refractivity contribution is 7.89. The molecule has 3 rings (SSSR count). The normalized spacial score (nSPS) is 33.9. The lowest BCUT2D eigenvalue weighted by molar-refractivity contribution is 0.220. The van der Waals surface area contributed by atoms with Crippen LogP contribution in [0, 0.1) is 5.92 Å². The summed E-state index contributed by atoms with van der Waals surface area (Å²) in [5.74, 6) is 0.517. The predicted octanol–water partition coefficient (Wildman–Crippen LogP) is 1.44. The lowest BCUT2D eigenvalue weighted by Gasteiger charge is -2.37. The predicted molar refractivity (Wildman–Crippen MR) is 90.0 cm³/mol. The summed E-state index contributed by atoms with van der Waals surface area (Å²) in [4.78, 5) is 0. The second kappa shape index (κ2) is 6.61. The fourth-order valence-corrected chi connectivity index (χ4v) is 7.95. The van der Waals surface area contributed by atoms with Crippen molar-refractivity contribution in [3.63, 3.8) is 0 Å². The molecule has 2 bridgehead atoms. The van der Waals surface area contributed by atoms with Crippen molar-refractivity contribution in [2.75, 3.05) is 12.0 Å². The zero-order valence-corrected chi connectivity index (χ0v) is 15.4. The number of piperidine rings is 1. The Morgan fingerprint density at radius 1 is 0.913 bits per heavy atom. The summed E-state index contributed by atoms with van der Waals surface area (Å²) < 4.78 is 53.1. The van der Waals surface area contributed by atoms with Crippen LogP contribution in [0.25, 0.3) is 0 Å². The Balaban J connectivity index is 1.59. The van der Waals surface area contributed by atoms with Crippen molar-refractivity contribution in [2.24, 2.45) is 5.92 Å². The van der Waals surface area contributed by atoms with Crippen LogP contribution in [0.1, 0.15) is 57.8 Å². The van der Waals surface area contributed by atoms with Gasteiger partial charge in [-0.1, -0.05) is 19.3 Å². The van der Waals surface area contributed by atoms with E-state index in [0.29, 0.717) is 12.8 Å². The molecule has 0 spiro atoms. The van der Waals surface area contributed by atoms with Gasteiger partial charge in [0.25, 0.3) is 0 Å². The van der Waals surface area contributed by atoms with Crippen LogP contribution >= 0.6 is 0 Å². The molecule has 3 aliphatic rings. The standard InChI is InChI=1S/C15H28N2O4S2/c1-22(18,19)17-14-7-8-15(17)10-13(9-14)16-23(20,21)11-12-5-3-2-4-6-12/h12-16H,2-11H2,1H3. The van der Waals surface area contributed by atoms with Gasteiger partial charge in [0.2, 0.25) is 20.0 Å². The summed E-state index contributed by atoms with van der Waals surface area (Å²) in [6.07, 6.45) is 9.67. The molecule has 1 saturated carbocycles. The minimum Gasteiger partial charge on any atom is -0.212 e.